The standard InChI is InChI=1S/C20H18O2/c1-15(21)20(13-12-16-6-4-3-5-7-16)14-19(20)17-8-10-18(22-2)11-9-17/h3-11,19H,14H2,1-2H3/t19-,20-/m0/s1. The minimum atomic E-state index is -0.523. The zero-order valence-electron chi connectivity index (χ0n) is 12.8. The number of carbonyl (C=O) groups excluding carboxylic acids is 1. The van der Waals surface area contributed by atoms with Gasteiger partial charge in [0.2, 0.25) is 0 Å². The third-order valence-electron chi connectivity index (χ3n) is 4.31. The Hall–Kier alpha value is -2.53. The van der Waals surface area contributed by atoms with Gasteiger partial charge < -0.3 is 4.74 Å². The molecule has 1 aliphatic carbocycles. The molecule has 0 aromatic heterocycles. The summed E-state index contributed by atoms with van der Waals surface area (Å²) >= 11 is 0. The monoisotopic (exact) mass is 290 g/mol. The Morgan fingerprint density at radius 3 is 2.41 bits per heavy atom. The second-order valence-corrected chi connectivity index (χ2v) is 5.67. The van der Waals surface area contributed by atoms with Crippen molar-refractivity contribution in [1.82, 2.24) is 0 Å². The second kappa shape index (κ2) is 5.69. The predicted octanol–water partition coefficient (Wildman–Crippen LogP) is 3.81. The molecule has 0 unspecified atom stereocenters. The minimum Gasteiger partial charge on any atom is -0.497 e. The van der Waals surface area contributed by atoms with Gasteiger partial charge in [-0.05, 0) is 43.2 Å². The lowest BCUT2D eigenvalue weighted by Crippen LogP contribution is -2.12. The van der Waals surface area contributed by atoms with Gasteiger partial charge in [0, 0.05) is 11.5 Å². The van der Waals surface area contributed by atoms with E-state index in [4.69, 9.17) is 4.74 Å². The number of benzene rings is 2. The number of Topliss-reactive ketones (excluding diaryl/α,β-unsaturated/α-hetero) is 1. The molecule has 2 aromatic carbocycles. The van der Waals surface area contributed by atoms with E-state index in [2.05, 4.69) is 11.8 Å². The summed E-state index contributed by atoms with van der Waals surface area (Å²) in [5.41, 5.74) is 1.58. The van der Waals surface area contributed by atoms with Gasteiger partial charge in [-0.25, -0.2) is 0 Å². The van der Waals surface area contributed by atoms with E-state index in [0.717, 1.165) is 23.3 Å². The molecule has 2 atom stereocenters. The van der Waals surface area contributed by atoms with Gasteiger partial charge in [0.1, 0.15) is 11.5 Å². The van der Waals surface area contributed by atoms with E-state index in [0.29, 0.717) is 0 Å². The minimum absolute atomic E-state index is 0.150. The number of ether oxygens (including phenoxy) is 1. The molecule has 0 N–H and O–H groups in total. The number of carbonyl (C=O) groups is 1. The molecule has 0 aliphatic heterocycles. The molecule has 0 bridgehead atoms. The third-order valence-corrected chi connectivity index (χ3v) is 4.31. The maximum Gasteiger partial charge on any atom is 0.148 e. The van der Waals surface area contributed by atoms with Crippen LogP contribution in [0.3, 0.4) is 0 Å². The molecule has 22 heavy (non-hydrogen) atoms. The third kappa shape index (κ3) is 2.63. The van der Waals surface area contributed by atoms with Crippen LogP contribution < -0.4 is 4.74 Å². The van der Waals surface area contributed by atoms with Crippen LogP contribution in [0.15, 0.2) is 54.6 Å². The number of methoxy groups -OCH3 is 1. The van der Waals surface area contributed by atoms with E-state index in [1.54, 1.807) is 14.0 Å². The van der Waals surface area contributed by atoms with Crippen molar-refractivity contribution in [3.8, 4) is 17.6 Å². The van der Waals surface area contributed by atoms with E-state index >= 15 is 0 Å². The smallest absolute Gasteiger partial charge is 0.148 e. The fraction of sp³-hybridized carbons (Fsp3) is 0.250. The highest BCUT2D eigenvalue weighted by Gasteiger charge is 2.57. The van der Waals surface area contributed by atoms with Gasteiger partial charge in [-0.15, -0.1) is 0 Å². The zero-order valence-corrected chi connectivity index (χ0v) is 12.8. The van der Waals surface area contributed by atoms with E-state index < -0.39 is 5.41 Å². The molecule has 0 spiro atoms. The van der Waals surface area contributed by atoms with Crippen LogP contribution in [0.4, 0.5) is 0 Å². The largest absolute Gasteiger partial charge is 0.497 e. The number of hydrogen-bond donors (Lipinski definition) is 0. The summed E-state index contributed by atoms with van der Waals surface area (Å²) in [6, 6.07) is 17.7. The second-order valence-electron chi connectivity index (χ2n) is 5.67. The van der Waals surface area contributed by atoms with Crippen molar-refractivity contribution < 1.29 is 9.53 Å². The van der Waals surface area contributed by atoms with Crippen molar-refractivity contribution in [3.05, 3.63) is 65.7 Å². The van der Waals surface area contributed by atoms with Crippen LogP contribution in [-0.4, -0.2) is 12.9 Å². The van der Waals surface area contributed by atoms with Gasteiger partial charge in [0.05, 0.1) is 12.5 Å². The molecule has 2 nitrogen and oxygen atoms in total. The molecule has 1 saturated carbocycles. The number of hydrogen-bond acceptors (Lipinski definition) is 2. The highest BCUT2D eigenvalue weighted by atomic mass is 16.5. The quantitative estimate of drug-likeness (QED) is 0.804. The van der Waals surface area contributed by atoms with Crippen molar-refractivity contribution in [1.29, 1.82) is 0 Å². The first kappa shape index (κ1) is 14.4. The SMILES string of the molecule is COc1ccc([C@@H]2C[C@@]2(C#Cc2ccccc2)C(C)=O)cc1. The Kier molecular flexibility index (Phi) is 3.73. The molecule has 0 saturated heterocycles. The highest BCUT2D eigenvalue weighted by Crippen LogP contribution is 2.59. The summed E-state index contributed by atoms with van der Waals surface area (Å²) in [5, 5.41) is 0. The molecule has 0 radical (unpaired) electrons. The molecule has 2 aromatic rings. The lowest BCUT2D eigenvalue weighted by atomic mass is 9.95. The first-order chi connectivity index (χ1) is 10.7. The van der Waals surface area contributed by atoms with Crippen molar-refractivity contribution in [2.75, 3.05) is 7.11 Å². The van der Waals surface area contributed by atoms with E-state index in [-0.39, 0.29) is 11.7 Å². The number of ketones is 1. The van der Waals surface area contributed by atoms with Gasteiger partial charge in [0.25, 0.3) is 0 Å². The molecule has 110 valence electrons. The van der Waals surface area contributed by atoms with Crippen LogP contribution in [0.1, 0.15) is 30.4 Å². The van der Waals surface area contributed by atoms with Gasteiger partial charge in [-0.3, -0.25) is 4.79 Å². The first-order valence-corrected chi connectivity index (χ1v) is 7.39. The molecule has 1 aliphatic rings. The summed E-state index contributed by atoms with van der Waals surface area (Å²) < 4.78 is 5.18. The highest BCUT2D eigenvalue weighted by molar-refractivity contribution is 5.91. The Labute approximate surface area is 131 Å². The molecule has 2 heteroatoms. The summed E-state index contributed by atoms with van der Waals surface area (Å²) in [6.07, 6.45) is 0.800. The molecule has 3 rings (SSSR count). The van der Waals surface area contributed by atoms with Gasteiger partial charge in [-0.1, -0.05) is 42.2 Å². The maximum atomic E-state index is 12.1. The van der Waals surface area contributed by atoms with Crippen LogP contribution >= 0.6 is 0 Å². The maximum absolute atomic E-state index is 12.1. The molecule has 0 heterocycles. The van der Waals surface area contributed by atoms with Crippen LogP contribution in [0.5, 0.6) is 5.75 Å². The van der Waals surface area contributed by atoms with Crippen LogP contribution in [0.25, 0.3) is 0 Å². The topological polar surface area (TPSA) is 26.3 Å². The van der Waals surface area contributed by atoms with Crippen molar-refractivity contribution in [2.24, 2.45) is 5.41 Å². The fourth-order valence-corrected chi connectivity index (χ4v) is 2.82. The average Bonchev–Trinajstić information content (AvgIpc) is 3.30. The number of rotatable bonds is 3. The van der Waals surface area contributed by atoms with Gasteiger partial charge in [0.15, 0.2) is 0 Å². The normalized spacial score (nSPS) is 22.4. The zero-order chi connectivity index (χ0) is 15.6. The lowest BCUT2D eigenvalue weighted by molar-refractivity contribution is -0.120. The lowest BCUT2D eigenvalue weighted by Gasteiger charge is -2.07. The van der Waals surface area contributed by atoms with E-state index in [1.165, 1.54) is 0 Å². The van der Waals surface area contributed by atoms with Crippen LogP contribution in [0, 0.1) is 17.3 Å². The van der Waals surface area contributed by atoms with Crippen molar-refractivity contribution >= 4 is 5.78 Å². The Morgan fingerprint density at radius 2 is 1.82 bits per heavy atom. The van der Waals surface area contributed by atoms with E-state index in [9.17, 15) is 4.79 Å². The van der Waals surface area contributed by atoms with Gasteiger partial charge >= 0.3 is 0 Å². The Bertz CT molecular complexity index is 735. The van der Waals surface area contributed by atoms with Gasteiger partial charge in [-0.2, -0.15) is 0 Å². The van der Waals surface area contributed by atoms with E-state index in [1.807, 2.05) is 54.6 Å². The summed E-state index contributed by atoms with van der Waals surface area (Å²) in [6.45, 7) is 1.64. The Morgan fingerprint density at radius 1 is 1.14 bits per heavy atom. The summed E-state index contributed by atoms with van der Waals surface area (Å²) in [5.74, 6) is 7.55. The predicted molar refractivity (Wildman–Crippen MR) is 86.8 cm³/mol. The van der Waals surface area contributed by atoms with Crippen LogP contribution in [0.2, 0.25) is 0 Å². The summed E-state index contributed by atoms with van der Waals surface area (Å²) in [7, 11) is 1.65. The molecular weight excluding hydrogens is 272 g/mol. The van der Waals surface area contributed by atoms with Crippen molar-refractivity contribution in [2.45, 2.75) is 19.3 Å². The molecule has 0 amide bonds. The Balaban J connectivity index is 1.86. The molecule has 1 fully saturated rings. The average molecular weight is 290 g/mol. The van der Waals surface area contributed by atoms with Crippen molar-refractivity contribution in [3.63, 3.8) is 0 Å². The fourth-order valence-electron chi connectivity index (χ4n) is 2.82. The summed E-state index contributed by atoms with van der Waals surface area (Å²) in [4.78, 5) is 12.1. The molecular formula is C20H18O2. The first-order valence-electron chi connectivity index (χ1n) is 7.39. The van der Waals surface area contributed by atoms with Crippen LogP contribution in [-0.2, 0) is 4.79 Å².